The molecule has 6 atom stereocenters. The van der Waals surface area contributed by atoms with Gasteiger partial charge in [0.1, 0.15) is 24.4 Å². The van der Waals surface area contributed by atoms with Gasteiger partial charge < -0.3 is 29.9 Å². The third-order valence-corrected chi connectivity index (χ3v) is 5.99. The van der Waals surface area contributed by atoms with Crippen LogP contribution < -0.4 is 0 Å². The number of aliphatic hydroxyl groups excluding tert-OH is 4. The topological polar surface area (TPSA) is 116 Å². The first-order valence-electron chi connectivity index (χ1n) is 11.9. The first-order chi connectivity index (χ1) is 14.4. The van der Waals surface area contributed by atoms with Gasteiger partial charge in [0.25, 0.3) is 0 Å². The van der Waals surface area contributed by atoms with E-state index in [1.807, 2.05) is 0 Å². The van der Waals surface area contributed by atoms with Gasteiger partial charge in [0.15, 0.2) is 18.2 Å². The number of ketones is 1. The summed E-state index contributed by atoms with van der Waals surface area (Å²) >= 11 is 0. The maximum atomic E-state index is 12.4. The molecule has 0 spiro atoms. The van der Waals surface area contributed by atoms with E-state index in [0.717, 1.165) is 12.8 Å². The number of aliphatic hydroxyl groups is 4. The summed E-state index contributed by atoms with van der Waals surface area (Å²) in [6.45, 7) is 2.24. The first kappa shape index (κ1) is 27.5. The molecule has 0 saturated carbocycles. The molecule has 178 valence electrons. The SMILES string of the molecule is CCCCCCCCCCCCCCCC(O)C(=O)[C@H]1O[C@H](OC)[C@H](O)[C@@H](O)[C@@H]1O. The Hall–Kier alpha value is -0.570. The maximum absolute atomic E-state index is 12.4. The Labute approximate surface area is 181 Å². The molecule has 1 fully saturated rings. The average Bonchev–Trinajstić information content (AvgIpc) is 2.75. The zero-order valence-corrected chi connectivity index (χ0v) is 18.9. The summed E-state index contributed by atoms with van der Waals surface area (Å²) < 4.78 is 10.1. The van der Waals surface area contributed by atoms with Gasteiger partial charge >= 0.3 is 0 Å². The van der Waals surface area contributed by atoms with Crippen LogP contribution >= 0.6 is 0 Å². The van der Waals surface area contributed by atoms with Crippen LogP contribution in [0.2, 0.25) is 0 Å². The van der Waals surface area contributed by atoms with Gasteiger partial charge in [0.2, 0.25) is 0 Å². The van der Waals surface area contributed by atoms with E-state index in [9.17, 15) is 25.2 Å². The third kappa shape index (κ3) is 9.71. The molecule has 4 N–H and O–H groups in total. The minimum absolute atomic E-state index is 0.291. The van der Waals surface area contributed by atoms with Crippen molar-refractivity contribution in [2.24, 2.45) is 0 Å². The molecule has 0 aromatic carbocycles. The molecule has 1 aliphatic heterocycles. The normalized spacial score (nSPS) is 27.9. The van der Waals surface area contributed by atoms with Gasteiger partial charge in [-0.2, -0.15) is 0 Å². The molecule has 0 amide bonds. The van der Waals surface area contributed by atoms with Crippen molar-refractivity contribution in [1.29, 1.82) is 0 Å². The monoisotopic (exact) mass is 432 g/mol. The molecular weight excluding hydrogens is 388 g/mol. The zero-order valence-electron chi connectivity index (χ0n) is 18.9. The second-order valence-electron chi connectivity index (χ2n) is 8.58. The highest BCUT2D eigenvalue weighted by molar-refractivity contribution is 5.88. The second-order valence-corrected chi connectivity index (χ2v) is 8.58. The van der Waals surface area contributed by atoms with E-state index in [2.05, 4.69) is 6.92 Å². The Morgan fingerprint density at radius 3 is 1.73 bits per heavy atom. The van der Waals surface area contributed by atoms with E-state index in [-0.39, 0.29) is 0 Å². The van der Waals surface area contributed by atoms with Crippen LogP contribution in [0.15, 0.2) is 0 Å². The summed E-state index contributed by atoms with van der Waals surface area (Å²) in [4.78, 5) is 12.4. The summed E-state index contributed by atoms with van der Waals surface area (Å²) in [5.74, 6) is -0.686. The summed E-state index contributed by atoms with van der Waals surface area (Å²) in [6, 6.07) is 0. The van der Waals surface area contributed by atoms with Crippen molar-refractivity contribution in [3.8, 4) is 0 Å². The van der Waals surface area contributed by atoms with Crippen LogP contribution in [-0.4, -0.2) is 70.1 Å². The molecule has 30 heavy (non-hydrogen) atoms. The van der Waals surface area contributed by atoms with Gasteiger partial charge in [-0.1, -0.05) is 90.4 Å². The number of carbonyl (C=O) groups excluding carboxylic acids is 1. The Balaban J connectivity index is 2.10. The van der Waals surface area contributed by atoms with Crippen molar-refractivity contribution in [2.75, 3.05) is 7.11 Å². The van der Waals surface area contributed by atoms with Crippen LogP contribution in [0.5, 0.6) is 0 Å². The quantitative estimate of drug-likeness (QED) is 0.261. The highest BCUT2D eigenvalue weighted by atomic mass is 16.7. The van der Waals surface area contributed by atoms with Crippen LogP contribution in [0.4, 0.5) is 0 Å². The molecule has 7 heteroatoms. The van der Waals surface area contributed by atoms with E-state index in [0.29, 0.717) is 12.8 Å². The van der Waals surface area contributed by atoms with Crippen LogP contribution in [0.1, 0.15) is 96.8 Å². The number of rotatable bonds is 17. The molecular formula is C23H44O7. The lowest BCUT2D eigenvalue weighted by Gasteiger charge is -2.39. The molecule has 1 saturated heterocycles. The number of Topliss-reactive ketones (excluding diaryl/α,β-unsaturated/α-hetero) is 1. The smallest absolute Gasteiger partial charge is 0.192 e. The average molecular weight is 433 g/mol. The fourth-order valence-corrected chi connectivity index (χ4v) is 3.97. The number of methoxy groups -OCH3 is 1. The van der Waals surface area contributed by atoms with E-state index >= 15 is 0 Å². The number of unbranched alkanes of at least 4 members (excludes halogenated alkanes) is 12. The van der Waals surface area contributed by atoms with E-state index in [4.69, 9.17) is 9.47 Å². The molecule has 0 bridgehead atoms. The predicted molar refractivity (Wildman–Crippen MR) is 115 cm³/mol. The predicted octanol–water partition coefficient (Wildman–Crippen LogP) is 2.85. The fraction of sp³-hybridized carbons (Fsp3) is 0.957. The number of hydrogen-bond acceptors (Lipinski definition) is 7. The van der Waals surface area contributed by atoms with Gasteiger partial charge in [-0.25, -0.2) is 0 Å². The summed E-state index contributed by atoms with van der Waals surface area (Å²) in [5, 5.41) is 39.8. The molecule has 0 aliphatic carbocycles. The molecule has 0 aromatic heterocycles. The second kappa shape index (κ2) is 16.1. The Bertz CT molecular complexity index is 443. The molecule has 1 heterocycles. The van der Waals surface area contributed by atoms with E-state index in [1.165, 1.54) is 71.3 Å². The van der Waals surface area contributed by atoms with Crippen molar-refractivity contribution in [3.05, 3.63) is 0 Å². The molecule has 1 aliphatic rings. The zero-order chi connectivity index (χ0) is 22.4. The maximum Gasteiger partial charge on any atom is 0.192 e. The standard InChI is InChI=1S/C23H44O7/c1-3-4-5-6-7-8-9-10-11-12-13-14-15-16-17(24)18(25)22-20(27)19(26)21(28)23(29-2)30-22/h17,19-24,26-28H,3-16H2,1-2H3/t17?,19-,20-,21+,22+,23-/m0/s1. The molecule has 0 aromatic rings. The highest BCUT2D eigenvalue weighted by Gasteiger charge is 2.47. The Kier molecular flexibility index (Phi) is 14.8. The van der Waals surface area contributed by atoms with E-state index in [1.54, 1.807) is 0 Å². The lowest BCUT2D eigenvalue weighted by molar-refractivity contribution is -0.284. The van der Waals surface area contributed by atoms with Gasteiger partial charge in [-0.3, -0.25) is 4.79 Å². The summed E-state index contributed by atoms with van der Waals surface area (Å²) in [6.07, 6.45) is 7.58. The van der Waals surface area contributed by atoms with Crippen LogP contribution in [0, 0.1) is 0 Å². The minimum Gasteiger partial charge on any atom is -0.387 e. The van der Waals surface area contributed by atoms with E-state index < -0.39 is 42.6 Å². The van der Waals surface area contributed by atoms with Crippen molar-refractivity contribution in [3.63, 3.8) is 0 Å². The largest absolute Gasteiger partial charge is 0.387 e. The van der Waals surface area contributed by atoms with Gasteiger partial charge in [-0.05, 0) is 6.42 Å². The van der Waals surface area contributed by atoms with Gasteiger partial charge in [-0.15, -0.1) is 0 Å². The lowest BCUT2D eigenvalue weighted by Crippen LogP contribution is -2.61. The van der Waals surface area contributed by atoms with Gasteiger partial charge in [0.05, 0.1) is 0 Å². The van der Waals surface area contributed by atoms with Gasteiger partial charge in [0, 0.05) is 7.11 Å². The van der Waals surface area contributed by atoms with Crippen molar-refractivity contribution < 1.29 is 34.7 Å². The number of ether oxygens (including phenoxy) is 2. The van der Waals surface area contributed by atoms with Crippen molar-refractivity contribution in [1.82, 2.24) is 0 Å². The summed E-state index contributed by atoms with van der Waals surface area (Å²) in [5.41, 5.74) is 0. The highest BCUT2D eigenvalue weighted by Crippen LogP contribution is 2.24. The molecule has 1 unspecified atom stereocenters. The minimum atomic E-state index is -1.60. The van der Waals surface area contributed by atoms with Crippen molar-refractivity contribution in [2.45, 2.75) is 134 Å². The fourth-order valence-electron chi connectivity index (χ4n) is 3.97. The third-order valence-electron chi connectivity index (χ3n) is 5.99. The summed E-state index contributed by atoms with van der Waals surface area (Å²) in [7, 11) is 1.27. The Morgan fingerprint density at radius 2 is 1.27 bits per heavy atom. The molecule has 0 radical (unpaired) electrons. The van der Waals surface area contributed by atoms with Crippen LogP contribution in [0.25, 0.3) is 0 Å². The number of hydrogen-bond donors (Lipinski definition) is 4. The molecule has 1 rings (SSSR count). The molecule has 7 nitrogen and oxygen atoms in total. The lowest BCUT2D eigenvalue weighted by atomic mass is 9.92. The first-order valence-corrected chi connectivity index (χ1v) is 11.9. The van der Waals surface area contributed by atoms with Crippen molar-refractivity contribution >= 4 is 5.78 Å². The van der Waals surface area contributed by atoms with Crippen LogP contribution in [0.3, 0.4) is 0 Å². The number of carbonyl (C=O) groups is 1. The Morgan fingerprint density at radius 1 is 0.800 bits per heavy atom. The van der Waals surface area contributed by atoms with Crippen LogP contribution in [-0.2, 0) is 14.3 Å².